The van der Waals surface area contributed by atoms with E-state index in [0.717, 1.165) is 17.5 Å². The van der Waals surface area contributed by atoms with Crippen molar-refractivity contribution >= 4 is 11.4 Å². The topological polar surface area (TPSA) is 55.2 Å². The fourth-order valence-electron chi connectivity index (χ4n) is 2.86. The second-order valence-corrected chi connectivity index (χ2v) is 5.87. The van der Waals surface area contributed by atoms with E-state index >= 15 is 0 Å². The van der Waals surface area contributed by atoms with Crippen LogP contribution in [0, 0.1) is 28.9 Å². The minimum absolute atomic E-state index is 0.191. The van der Waals surface area contributed by atoms with Gasteiger partial charge in [0.25, 0.3) is 5.69 Å². The molecule has 0 bridgehead atoms. The minimum atomic E-state index is -0.330. The first kappa shape index (κ1) is 13.8. The molecule has 1 aliphatic carbocycles. The lowest BCUT2D eigenvalue weighted by Gasteiger charge is -2.33. The molecule has 4 nitrogen and oxygen atoms in total. The van der Waals surface area contributed by atoms with Crippen LogP contribution in [0.25, 0.3) is 0 Å². The van der Waals surface area contributed by atoms with Gasteiger partial charge in [0.1, 0.15) is 0 Å². The van der Waals surface area contributed by atoms with E-state index in [-0.39, 0.29) is 10.6 Å². The predicted molar refractivity (Wildman–Crippen MR) is 77.4 cm³/mol. The zero-order valence-electron chi connectivity index (χ0n) is 11.8. The van der Waals surface area contributed by atoms with Crippen molar-refractivity contribution in [2.75, 3.05) is 5.32 Å². The molecule has 0 heterocycles. The van der Waals surface area contributed by atoms with Gasteiger partial charge in [0.2, 0.25) is 0 Å². The van der Waals surface area contributed by atoms with Gasteiger partial charge in [-0.05, 0) is 50.2 Å². The van der Waals surface area contributed by atoms with E-state index in [2.05, 4.69) is 19.2 Å². The van der Waals surface area contributed by atoms with E-state index in [1.165, 1.54) is 19.3 Å². The van der Waals surface area contributed by atoms with Gasteiger partial charge in [0.15, 0.2) is 0 Å². The standard InChI is InChI=1S/C15H22N2O2/c1-10-4-5-13(8-11(10)2)16-14-6-7-15(17(18)19)12(3)9-14/h6-7,9-11,13,16H,4-5,8H2,1-3H3. The molecule has 0 radical (unpaired) electrons. The summed E-state index contributed by atoms with van der Waals surface area (Å²) in [6, 6.07) is 5.77. The van der Waals surface area contributed by atoms with E-state index in [0.29, 0.717) is 11.6 Å². The Morgan fingerprint density at radius 3 is 2.58 bits per heavy atom. The smallest absolute Gasteiger partial charge is 0.272 e. The number of aryl methyl sites for hydroxylation is 1. The average molecular weight is 262 g/mol. The summed E-state index contributed by atoms with van der Waals surface area (Å²) in [4.78, 5) is 10.5. The van der Waals surface area contributed by atoms with Crippen LogP contribution in [-0.4, -0.2) is 11.0 Å². The zero-order valence-corrected chi connectivity index (χ0v) is 11.8. The second-order valence-electron chi connectivity index (χ2n) is 5.87. The van der Waals surface area contributed by atoms with Crippen LogP contribution in [0.2, 0.25) is 0 Å². The van der Waals surface area contributed by atoms with E-state index < -0.39 is 0 Å². The molecule has 1 aromatic rings. The maximum Gasteiger partial charge on any atom is 0.272 e. The average Bonchev–Trinajstić information content (AvgIpc) is 2.33. The Morgan fingerprint density at radius 2 is 2.00 bits per heavy atom. The van der Waals surface area contributed by atoms with Gasteiger partial charge in [-0.15, -0.1) is 0 Å². The monoisotopic (exact) mass is 262 g/mol. The lowest BCUT2D eigenvalue weighted by Crippen LogP contribution is -2.30. The van der Waals surface area contributed by atoms with Crippen molar-refractivity contribution in [3.63, 3.8) is 0 Å². The molecule has 0 aromatic heterocycles. The van der Waals surface area contributed by atoms with Gasteiger partial charge in [-0.3, -0.25) is 10.1 Å². The molecule has 3 atom stereocenters. The van der Waals surface area contributed by atoms with E-state index in [1.807, 2.05) is 12.1 Å². The van der Waals surface area contributed by atoms with Crippen LogP contribution in [0.1, 0.15) is 38.7 Å². The molecule has 3 unspecified atom stereocenters. The number of nitrogens with one attached hydrogen (secondary N) is 1. The van der Waals surface area contributed by atoms with Gasteiger partial charge in [0.05, 0.1) is 4.92 Å². The lowest BCUT2D eigenvalue weighted by molar-refractivity contribution is -0.385. The second kappa shape index (κ2) is 5.59. The highest BCUT2D eigenvalue weighted by molar-refractivity contribution is 5.54. The number of hydrogen-bond donors (Lipinski definition) is 1. The molecule has 104 valence electrons. The summed E-state index contributed by atoms with van der Waals surface area (Å²) in [7, 11) is 0. The van der Waals surface area contributed by atoms with Gasteiger partial charge >= 0.3 is 0 Å². The number of rotatable bonds is 3. The van der Waals surface area contributed by atoms with E-state index in [9.17, 15) is 10.1 Å². The summed E-state index contributed by atoms with van der Waals surface area (Å²) in [6.07, 6.45) is 3.61. The molecule has 0 aliphatic heterocycles. The maximum absolute atomic E-state index is 10.8. The van der Waals surface area contributed by atoms with Crippen molar-refractivity contribution in [1.82, 2.24) is 0 Å². The van der Waals surface area contributed by atoms with Crippen molar-refractivity contribution in [2.45, 2.75) is 46.1 Å². The quantitative estimate of drug-likeness (QED) is 0.658. The zero-order chi connectivity index (χ0) is 14.0. The van der Waals surface area contributed by atoms with Gasteiger partial charge < -0.3 is 5.32 Å². The van der Waals surface area contributed by atoms with Crippen LogP contribution in [0.3, 0.4) is 0 Å². The van der Waals surface area contributed by atoms with E-state index in [4.69, 9.17) is 0 Å². The van der Waals surface area contributed by atoms with Gasteiger partial charge in [0, 0.05) is 23.4 Å². The Bertz CT molecular complexity index is 473. The normalized spacial score (nSPS) is 27.0. The Hall–Kier alpha value is -1.58. The lowest BCUT2D eigenvalue weighted by atomic mass is 9.79. The van der Waals surface area contributed by atoms with E-state index in [1.54, 1.807) is 13.0 Å². The highest BCUT2D eigenvalue weighted by Crippen LogP contribution is 2.31. The first-order valence-corrected chi connectivity index (χ1v) is 6.99. The SMILES string of the molecule is Cc1cc(NC2CCC(C)C(C)C2)ccc1[N+](=O)[O-]. The molecule has 1 aliphatic rings. The largest absolute Gasteiger partial charge is 0.382 e. The third-order valence-electron chi connectivity index (χ3n) is 4.36. The maximum atomic E-state index is 10.8. The van der Waals surface area contributed by atoms with Crippen molar-refractivity contribution in [3.8, 4) is 0 Å². The molecule has 0 amide bonds. The number of hydrogen-bond acceptors (Lipinski definition) is 3. The summed E-state index contributed by atoms with van der Waals surface area (Å²) >= 11 is 0. The molecular formula is C15H22N2O2. The van der Waals surface area contributed by atoms with Crippen molar-refractivity contribution in [1.29, 1.82) is 0 Å². The first-order chi connectivity index (χ1) is 8.97. The van der Waals surface area contributed by atoms with Crippen LogP contribution in [0.5, 0.6) is 0 Å². The van der Waals surface area contributed by atoms with Crippen LogP contribution >= 0.6 is 0 Å². The van der Waals surface area contributed by atoms with Gasteiger partial charge in [-0.1, -0.05) is 13.8 Å². The number of nitro benzene ring substituents is 1. The fraction of sp³-hybridized carbons (Fsp3) is 0.600. The highest BCUT2D eigenvalue weighted by atomic mass is 16.6. The Kier molecular flexibility index (Phi) is 4.08. The molecule has 0 spiro atoms. The molecular weight excluding hydrogens is 240 g/mol. The minimum Gasteiger partial charge on any atom is -0.382 e. The summed E-state index contributed by atoms with van der Waals surface area (Å²) in [5, 5.41) is 14.3. The number of benzene rings is 1. The number of nitro groups is 1. The van der Waals surface area contributed by atoms with Crippen LogP contribution in [-0.2, 0) is 0 Å². The molecule has 1 saturated carbocycles. The molecule has 0 saturated heterocycles. The fourth-order valence-corrected chi connectivity index (χ4v) is 2.86. The Balaban J connectivity index is 2.04. The predicted octanol–water partition coefficient (Wildman–Crippen LogP) is 4.14. The molecule has 1 N–H and O–H groups in total. The molecule has 4 heteroatoms. The van der Waals surface area contributed by atoms with Gasteiger partial charge in [-0.2, -0.15) is 0 Å². The molecule has 1 aromatic carbocycles. The Labute approximate surface area is 114 Å². The summed E-state index contributed by atoms with van der Waals surface area (Å²) in [5.41, 5.74) is 1.90. The van der Waals surface area contributed by atoms with Crippen LogP contribution in [0.4, 0.5) is 11.4 Å². The van der Waals surface area contributed by atoms with Crippen LogP contribution in [0.15, 0.2) is 18.2 Å². The third-order valence-corrected chi connectivity index (χ3v) is 4.36. The van der Waals surface area contributed by atoms with Crippen molar-refractivity contribution in [3.05, 3.63) is 33.9 Å². The summed E-state index contributed by atoms with van der Waals surface area (Å²) in [5.74, 6) is 1.54. The Morgan fingerprint density at radius 1 is 1.26 bits per heavy atom. The van der Waals surface area contributed by atoms with Crippen molar-refractivity contribution in [2.24, 2.45) is 11.8 Å². The van der Waals surface area contributed by atoms with Crippen molar-refractivity contribution < 1.29 is 4.92 Å². The first-order valence-electron chi connectivity index (χ1n) is 6.99. The summed E-state index contributed by atoms with van der Waals surface area (Å²) < 4.78 is 0. The number of anilines is 1. The van der Waals surface area contributed by atoms with Gasteiger partial charge in [-0.25, -0.2) is 0 Å². The molecule has 1 fully saturated rings. The molecule has 2 rings (SSSR count). The van der Waals surface area contributed by atoms with Crippen LogP contribution < -0.4 is 5.32 Å². The number of nitrogens with zero attached hydrogens (tertiary/aromatic N) is 1. The third kappa shape index (κ3) is 3.25. The highest BCUT2D eigenvalue weighted by Gasteiger charge is 2.24. The molecule has 19 heavy (non-hydrogen) atoms. The summed E-state index contributed by atoms with van der Waals surface area (Å²) in [6.45, 7) is 6.41.